The highest BCUT2D eigenvalue weighted by Gasteiger charge is 2.15. The number of fused-ring (bicyclic) bond motifs is 1. The van der Waals surface area contributed by atoms with E-state index in [-0.39, 0.29) is 0 Å². The largest absolute Gasteiger partial charge is 0.259 e. The van der Waals surface area contributed by atoms with Crippen molar-refractivity contribution in [3.05, 3.63) is 54.4 Å². The minimum absolute atomic E-state index is 0.666. The second-order valence-corrected chi connectivity index (χ2v) is 5.12. The molecule has 6 heteroatoms. The van der Waals surface area contributed by atoms with Gasteiger partial charge in [0.2, 0.25) is 0 Å². The van der Waals surface area contributed by atoms with Gasteiger partial charge in [-0.05, 0) is 23.6 Å². The number of thiophene rings is 1. The summed E-state index contributed by atoms with van der Waals surface area (Å²) in [6.45, 7) is 0. The van der Waals surface area contributed by atoms with E-state index in [9.17, 15) is 0 Å². The van der Waals surface area contributed by atoms with Gasteiger partial charge in [-0.2, -0.15) is 9.78 Å². The molecule has 4 aromatic rings. The molecule has 0 spiro atoms. The Balaban J connectivity index is 2.04. The maximum Gasteiger partial charge on any atom is 0.174 e. The summed E-state index contributed by atoms with van der Waals surface area (Å²) in [6, 6.07) is 8.02. The Morgan fingerprint density at radius 3 is 2.80 bits per heavy atom. The lowest BCUT2D eigenvalue weighted by Crippen LogP contribution is -2.00. The lowest BCUT2D eigenvalue weighted by Gasteiger charge is -1.99. The third-order valence-electron chi connectivity index (χ3n) is 2.96. The molecule has 0 aliphatic heterocycles. The van der Waals surface area contributed by atoms with Crippen LogP contribution in [0.3, 0.4) is 0 Å². The first-order valence-electron chi connectivity index (χ1n) is 6.07. The fourth-order valence-corrected chi connectivity index (χ4v) is 2.83. The summed E-state index contributed by atoms with van der Waals surface area (Å²) >= 11 is 1.66. The summed E-state index contributed by atoms with van der Waals surface area (Å²) < 4.78 is 1.73. The number of hydrogen-bond acceptors (Lipinski definition) is 5. The summed E-state index contributed by atoms with van der Waals surface area (Å²) in [5.74, 6) is 0.666. The van der Waals surface area contributed by atoms with Crippen molar-refractivity contribution >= 4 is 22.4 Å². The van der Waals surface area contributed by atoms with Crippen molar-refractivity contribution < 1.29 is 0 Å². The Morgan fingerprint density at radius 2 is 2.00 bits per heavy atom. The molecule has 0 aliphatic carbocycles. The van der Waals surface area contributed by atoms with Crippen molar-refractivity contribution in [2.75, 3.05) is 0 Å². The van der Waals surface area contributed by atoms with Gasteiger partial charge in [-0.25, -0.2) is 9.97 Å². The minimum Gasteiger partial charge on any atom is -0.259 e. The van der Waals surface area contributed by atoms with Gasteiger partial charge in [0.1, 0.15) is 5.69 Å². The first kappa shape index (κ1) is 11.2. The standard InChI is InChI=1S/C14H9N5S/c1-3-10-13(11-4-2-8-20-11)18-19(14(10)17-5-1)12-9-15-6-7-16-12/h1-9H. The first-order valence-corrected chi connectivity index (χ1v) is 6.95. The van der Waals surface area contributed by atoms with E-state index in [4.69, 9.17) is 0 Å². The molecule has 4 rings (SSSR count). The summed E-state index contributed by atoms with van der Waals surface area (Å²) in [5, 5.41) is 7.72. The molecule has 0 radical (unpaired) electrons. The smallest absolute Gasteiger partial charge is 0.174 e. The van der Waals surface area contributed by atoms with Crippen LogP contribution in [0.4, 0.5) is 0 Å². The molecular weight excluding hydrogens is 270 g/mol. The predicted octanol–water partition coefficient (Wildman–Crippen LogP) is 2.94. The van der Waals surface area contributed by atoms with Gasteiger partial charge >= 0.3 is 0 Å². The Hall–Kier alpha value is -2.60. The average Bonchev–Trinajstić information content (AvgIpc) is 3.15. The number of hydrogen-bond donors (Lipinski definition) is 0. The summed E-state index contributed by atoms with van der Waals surface area (Å²) in [5.41, 5.74) is 1.71. The van der Waals surface area contributed by atoms with E-state index in [1.807, 2.05) is 23.6 Å². The molecule has 0 unspecified atom stereocenters. The molecule has 96 valence electrons. The van der Waals surface area contributed by atoms with Gasteiger partial charge in [0.15, 0.2) is 11.5 Å². The molecule has 0 aromatic carbocycles. The fraction of sp³-hybridized carbons (Fsp3) is 0. The Labute approximate surface area is 118 Å². The van der Waals surface area contributed by atoms with Gasteiger partial charge in [0, 0.05) is 24.0 Å². The zero-order valence-electron chi connectivity index (χ0n) is 10.3. The molecule has 20 heavy (non-hydrogen) atoms. The van der Waals surface area contributed by atoms with Crippen LogP contribution in [-0.2, 0) is 0 Å². The number of rotatable bonds is 2. The van der Waals surface area contributed by atoms with Gasteiger partial charge in [-0.1, -0.05) is 6.07 Å². The molecule has 4 heterocycles. The van der Waals surface area contributed by atoms with Crippen LogP contribution in [0.2, 0.25) is 0 Å². The SMILES string of the molecule is c1csc(-c2nn(-c3cnccn3)c3ncccc23)c1. The first-order chi connectivity index (χ1) is 9.93. The van der Waals surface area contributed by atoms with Gasteiger partial charge in [-0.15, -0.1) is 11.3 Å². The Kier molecular flexibility index (Phi) is 2.53. The zero-order chi connectivity index (χ0) is 13.4. The van der Waals surface area contributed by atoms with Gasteiger partial charge in [-0.3, -0.25) is 4.98 Å². The highest BCUT2D eigenvalue weighted by atomic mass is 32.1. The lowest BCUT2D eigenvalue weighted by molar-refractivity contribution is 0.857. The number of aromatic nitrogens is 5. The number of nitrogens with zero attached hydrogens (tertiary/aromatic N) is 5. The van der Waals surface area contributed by atoms with Crippen LogP contribution in [0.1, 0.15) is 0 Å². The second-order valence-electron chi connectivity index (χ2n) is 4.18. The van der Waals surface area contributed by atoms with Crippen molar-refractivity contribution in [3.63, 3.8) is 0 Å². The quantitative estimate of drug-likeness (QED) is 0.566. The normalized spacial score (nSPS) is 11.0. The molecule has 5 nitrogen and oxygen atoms in total. The molecule has 0 aliphatic rings. The lowest BCUT2D eigenvalue weighted by atomic mass is 10.2. The number of pyridine rings is 1. The van der Waals surface area contributed by atoms with Crippen LogP contribution >= 0.6 is 11.3 Å². The molecule has 0 bridgehead atoms. The molecule has 0 amide bonds. The highest BCUT2D eigenvalue weighted by Crippen LogP contribution is 2.30. The van der Waals surface area contributed by atoms with Crippen molar-refractivity contribution in [2.24, 2.45) is 0 Å². The average molecular weight is 279 g/mol. The predicted molar refractivity (Wildman–Crippen MR) is 77.8 cm³/mol. The third-order valence-corrected chi connectivity index (χ3v) is 3.84. The topological polar surface area (TPSA) is 56.5 Å². The van der Waals surface area contributed by atoms with Crippen LogP contribution < -0.4 is 0 Å². The van der Waals surface area contributed by atoms with E-state index in [1.54, 1.807) is 40.8 Å². The molecule has 0 saturated carbocycles. The van der Waals surface area contributed by atoms with E-state index in [2.05, 4.69) is 26.1 Å². The van der Waals surface area contributed by atoms with E-state index >= 15 is 0 Å². The van der Waals surface area contributed by atoms with E-state index in [0.29, 0.717) is 5.82 Å². The van der Waals surface area contributed by atoms with Gasteiger partial charge in [0.05, 0.1) is 11.1 Å². The second kappa shape index (κ2) is 4.50. The van der Waals surface area contributed by atoms with Gasteiger partial charge < -0.3 is 0 Å². The van der Waals surface area contributed by atoms with Crippen LogP contribution in [0, 0.1) is 0 Å². The van der Waals surface area contributed by atoms with Crippen LogP contribution in [0.25, 0.3) is 27.4 Å². The van der Waals surface area contributed by atoms with E-state index in [1.165, 1.54) is 0 Å². The molecule has 4 aromatic heterocycles. The molecular formula is C14H9N5S. The fourth-order valence-electron chi connectivity index (χ4n) is 2.11. The molecule has 0 saturated heterocycles. The molecule has 0 N–H and O–H groups in total. The van der Waals surface area contributed by atoms with E-state index < -0.39 is 0 Å². The van der Waals surface area contributed by atoms with Crippen LogP contribution in [-0.4, -0.2) is 24.7 Å². The maximum absolute atomic E-state index is 4.66. The van der Waals surface area contributed by atoms with Crippen LogP contribution in [0.5, 0.6) is 0 Å². The Bertz CT molecular complexity index is 852. The van der Waals surface area contributed by atoms with Gasteiger partial charge in [0.25, 0.3) is 0 Å². The minimum atomic E-state index is 0.666. The summed E-state index contributed by atoms with van der Waals surface area (Å²) in [6.07, 6.45) is 6.73. The zero-order valence-corrected chi connectivity index (χ0v) is 11.2. The van der Waals surface area contributed by atoms with E-state index in [0.717, 1.165) is 21.6 Å². The van der Waals surface area contributed by atoms with Crippen molar-refractivity contribution in [3.8, 4) is 16.4 Å². The molecule has 0 fully saturated rings. The summed E-state index contributed by atoms with van der Waals surface area (Å²) in [4.78, 5) is 13.9. The summed E-state index contributed by atoms with van der Waals surface area (Å²) in [7, 11) is 0. The van der Waals surface area contributed by atoms with Crippen molar-refractivity contribution in [1.29, 1.82) is 0 Å². The monoisotopic (exact) mass is 279 g/mol. The highest BCUT2D eigenvalue weighted by molar-refractivity contribution is 7.13. The maximum atomic E-state index is 4.66. The third kappa shape index (κ3) is 1.70. The van der Waals surface area contributed by atoms with Crippen LogP contribution in [0.15, 0.2) is 54.4 Å². The Morgan fingerprint density at radius 1 is 1.00 bits per heavy atom. The van der Waals surface area contributed by atoms with Crippen molar-refractivity contribution in [1.82, 2.24) is 24.7 Å². The van der Waals surface area contributed by atoms with Crippen molar-refractivity contribution in [2.45, 2.75) is 0 Å². The molecule has 0 atom stereocenters.